The molecule has 295 valence electrons. The zero-order chi connectivity index (χ0) is 38.3. The normalized spacial score (nSPS) is 13.5. The monoisotopic (exact) mass is 893 g/mol. The first kappa shape index (κ1) is 48.4. The Bertz CT molecular complexity index is 2200. The van der Waals surface area contributed by atoms with Gasteiger partial charge in [-0.3, -0.25) is 0 Å². The molecule has 0 aliphatic heterocycles. The summed E-state index contributed by atoms with van der Waals surface area (Å²) in [6.07, 6.45) is 12.0. The van der Waals surface area contributed by atoms with Gasteiger partial charge < -0.3 is 24.8 Å². The average molecular weight is 896 g/mol. The van der Waals surface area contributed by atoms with Gasteiger partial charge in [-0.15, -0.1) is 27.3 Å². The number of fused-ring (bicyclic) bond motifs is 2. The van der Waals surface area contributed by atoms with Crippen LogP contribution >= 0.6 is 0 Å². The van der Waals surface area contributed by atoms with Gasteiger partial charge in [-0.25, -0.2) is 0 Å². The first-order chi connectivity index (χ1) is 25.2. The van der Waals surface area contributed by atoms with Gasteiger partial charge in [0, 0.05) is 0 Å². The fourth-order valence-electron chi connectivity index (χ4n) is 9.65. The smallest absolute Gasteiger partial charge is 1.00 e. The number of hydrogen-bond acceptors (Lipinski definition) is 0. The summed E-state index contributed by atoms with van der Waals surface area (Å²) in [4.78, 5) is 0. The van der Waals surface area contributed by atoms with Crippen molar-refractivity contribution >= 4 is 43.7 Å². The summed E-state index contributed by atoms with van der Waals surface area (Å²) in [5, 5.41) is 8.53. The maximum absolute atomic E-state index is 4.11. The van der Waals surface area contributed by atoms with Crippen molar-refractivity contribution in [2.45, 2.75) is 137 Å². The van der Waals surface area contributed by atoms with Gasteiger partial charge in [0.05, 0.1) is 16.1 Å². The summed E-state index contributed by atoms with van der Waals surface area (Å²) in [7, 11) is -3.05. The van der Waals surface area contributed by atoms with Crippen molar-refractivity contribution in [3.63, 3.8) is 0 Å². The third-order valence-electron chi connectivity index (χ3n) is 13.5. The van der Waals surface area contributed by atoms with Crippen LogP contribution < -0.4 is 45.6 Å². The molecule has 0 unspecified atom stereocenters. The topological polar surface area (TPSA) is 0 Å². The standard InChI is InChI=1S/C51H65Si2.2ClH.Zr/c1-13-52(14-2,15-3)39-30-26-37(27-31-39)47(38-28-32-40(33-29-38)53(16-4,17-5)18-6)49-46(51(10,11)12)35-42-41-24-21-25-45(50(7,8)9)43(41)34-44(42)48(49)36-22-19-20-23-36;;;/h19-22,24-33,35H,13-18,23H2,1-12H3;2*1H;/q-1;;;+3/p-2. The summed E-state index contributed by atoms with van der Waals surface area (Å²) >= 11 is 0. The molecule has 0 heterocycles. The van der Waals surface area contributed by atoms with Gasteiger partial charge in [-0.1, -0.05) is 237 Å². The van der Waals surface area contributed by atoms with Crippen LogP contribution in [-0.4, -0.2) is 16.1 Å². The van der Waals surface area contributed by atoms with Crippen LogP contribution in [-0.2, 0) is 37.0 Å². The predicted octanol–water partition coefficient (Wildman–Crippen LogP) is 5.61. The van der Waals surface area contributed by atoms with Gasteiger partial charge >= 0.3 is 26.2 Å². The van der Waals surface area contributed by atoms with Crippen molar-refractivity contribution in [1.82, 2.24) is 0 Å². The van der Waals surface area contributed by atoms with Crippen LogP contribution in [0.5, 0.6) is 0 Å². The molecule has 4 aromatic carbocycles. The second-order valence-electron chi connectivity index (χ2n) is 18.0. The van der Waals surface area contributed by atoms with Crippen molar-refractivity contribution in [2.75, 3.05) is 0 Å². The van der Waals surface area contributed by atoms with Gasteiger partial charge in [0.1, 0.15) is 0 Å². The first-order valence-electron chi connectivity index (χ1n) is 20.8. The molecular formula is C51H65Cl2Si2Zr. The third-order valence-corrected chi connectivity index (χ3v) is 24.8. The SMILES string of the molecule is CC[Si](CC)(CC)c1ccc(C(c2ccc([Si](CC)(CC)CC)cc2)=c2c(C(C)(C)C)cc3c(c2C2=CC=CC2)[C-]=c2c(C(C)(C)C)cccc2=3)cc1.[Cl-].[Cl-].[Zr+3]. The molecule has 0 aromatic heterocycles. The second-order valence-corrected chi connectivity index (χ2v) is 28.5. The van der Waals surface area contributed by atoms with Crippen molar-refractivity contribution in [3.05, 3.63) is 145 Å². The zero-order valence-corrected chi connectivity index (χ0v) is 42.3. The molecular weight excluding hydrogens is 831 g/mol. The minimum Gasteiger partial charge on any atom is -1.00 e. The number of allylic oxidation sites excluding steroid dienone is 4. The molecule has 0 saturated heterocycles. The Hall–Kier alpha value is -2.00. The number of halogens is 2. The van der Waals surface area contributed by atoms with E-state index in [9.17, 15) is 0 Å². The molecule has 0 fully saturated rings. The van der Waals surface area contributed by atoms with Crippen LogP contribution in [0.15, 0.2) is 91.0 Å². The van der Waals surface area contributed by atoms with Crippen molar-refractivity contribution < 1.29 is 51.0 Å². The second kappa shape index (κ2) is 18.9. The zero-order valence-electron chi connectivity index (χ0n) is 36.4. The Kier molecular flexibility index (Phi) is 16.4. The van der Waals surface area contributed by atoms with Crippen LogP contribution in [0.2, 0.25) is 36.3 Å². The van der Waals surface area contributed by atoms with Crippen LogP contribution in [0.1, 0.15) is 123 Å². The van der Waals surface area contributed by atoms with Gasteiger partial charge in [-0.2, -0.15) is 0 Å². The van der Waals surface area contributed by atoms with Crippen LogP contribution in [0.4, 0.5) is 0 Å². The first-order valence-corrected chi connectivity index (χ1v) is 26.0. The van der Waals surface area contributed by atoms with Crippen LogP contribution in [0.3, 0.4) is 0 Å². The molecule has 5 heteroatoms. The van der Waals surface area contributed by atoms with E-state index in [1.807, 2.05) is 0 Å². The maximum atomic E-state index is 4.11. The molecule has 4 aromatic rings. The van der Waals surface area contributed by atoms with Gasteiger partial charge in [0.2, 0.25) is 0 Å². The molecule has 0 N–H and O–H groups in total. The molecule has 6 rings (SSSR count). The van der Waals surface area contributed by atoms with E-state index in [0.717, 1.165) is 6.42 Å². The van der Waals surface area contributed by atoms with E-state index in [0.29, 0.717) is 0 Å². The molecule has 0 saturated carbocycles. The minimum atomic E-state index is -1.53. The molecule has 0 bridgehead atoms. The molecule has 56 heavy (non-hydrogen) atoms. The van der Waals surface area contributed by atoms with E-state index in [4.69, 9.17) is 0 Å². The Labute approximate surface area is 373 Å². The van der Waals surface area contributed by atoms with Gasteiger partial charge in [-0.05, 0) is 44.7 Å². The summed E-state index contributed by atoms with van der Waals surface area (Å²) in [5.41, 5.74) is 10.8. The average Bonchev–Trinajstić information content (AvgIpc) is 3.82. The molecule has 0 atom stereocenters. The molecule has 2 aliphatic rings. The summed E-state index contributed by atoms with van der Waals surface area (Å²) in [5.74, 6) is 0. The van der Waals surface area contributed by atoms with E-state index in [1.165, 1.54) is 102 Å². The summed E-state index contributed by atoms with van der Waals surface area (Å²) in [6, 6.07) is 37.2. The molecule has 2 aliphatic carbocycles. The largest absolute Gasteiger partial charge is 3.00 e. The predicted molar refractivity (Wildman–Crippen MR) is 240 cm³/mol. The Balaban J connectivity index is 0.00000280. The van der Waals surface area contributed by atoms with Crippen LogP contribution in [0.25, 0.3) is 17.2 Å². The van der Waals surface area contributed by atoms with Crippen molar-refractivity contribution in [3.8, 4) is 0 Å². The summed E-state index contributed by atoms with van der Waals surface area (Å²) in [6.45, 7) is 28.8. The molecule has 1 radical (unpaired) electrons. The van der Waals surface area contributed by atoms with Gasteiger partial charge in [0.25, 0.3) is 0 Å². The number of hydrogen-bond donors (Lipinski definition) is 0. The molecule has 0 spiro atoms. The fraction of sp³-hybridized carbons (Fsp3) is 0.412. The van der Waals surface area contributed by atoms with E-state index in [-0.39, 0.29) is 61.8 Å². The Morgan fingerprint density at radius 1 is 0.607 bits per heavy atom. The number of rotatable bonds is 11. The molecule has 0 amide bonds. The minimum absolute atomic E-state index is 0. The van der Waals surface area contributed by atoms with E-state index >= 15 is 0 Å². The maximum Gasteiger partial charge on any atom is 3.00 e. The van der Waals surface area contributed by atoms with Crippen molar-refractivity contribution in [1.29, 1.82) is 0 Å². The van der Waals surface area contributed by atoms with Crippen LogP contribution in [0, 0.1) is 10.4 Å². The fourth-order valence-corrected chi connectivity index (χ4v) is 16.8. The van der Waals surface area contributed by atoms with Gasteiger partial charge in [0.15, 0.2) is 0 Å². The van der Waals surface area contributed by atoms with E-state index in [2.05, 4.69) is 180 Å². The quantitative estimate of drug-likeness (QED) is 0.120. The number of benzene rings is 4. The Morgan fingerprint density at radius 3 is 1.46 bits per heavy atom. The molecule has 0 nitrogen and oxygen atoms in total. The summed E-state index contributed by atoms with van der Waals surface area (Å²) < 4.78 is 0. The van der Waals surface area contributed by atoms with E-state index in [1.54, 1.807) is 10.4 Å². The van der Waals surface area contributed by atoms with Crippen molar-refractivity contribution in [2.24, 2.45) is 0 Å². The van der Waals surface area contributed by atoms with E-state index < -0.39 is 16.1 Å². The third kappa shape index (κ3) is 8.65. The Morgan fingerprint density at radius 2 is 1.07 bits per heavy atom.